The molecule has 0 aliphatic heterocycles. The minimum atomic E-state index is -0.535. The van der Waals surface area contributed by atoms with Gasteiger partial charge in [0.25, 0.3) is 11.6 Å². The smallest absolute Gasteiger partial charge is 0.292 e. The van der Waals surface area contributed by atoms with Gasteiger partial charge in [0.1, 0.15) is 11.4 Å². The van der Waals surface area contributed by atoms with Crippen molar-refractivity contribution >= 4 is 23.0 Å². The molecule has 22 heavy (non-hydrogen) atoms. The van der Waals surface area contributed by atoms with E-state index in [9.17, 15) is 14.9 Å². The zero-order chi connectivity index (χ0) is 16.1. The standard InChI is InChI=1S/C14H14N4O4/c1-22-11-5-3-10(4-6-11)16-12-8-9(14(19)17-15)2-7-13(12)18(20)21/h2-8,16H,15H2,1H3,(H,17,19). The number of anilines is 2. The van der Waals surface area contributed by atoms with Crippen LogP contribution in [-0.2, 0) is 0 Å². The molecule has 4 N–H and O–H groups in total. The second kappa shape index (κ2) is 6.55. The molecule has 0 aliphatic carbocycles. The van der Waals surface area contributed by atoms with Gasteiger partial charge in [-0.2, -0.15) is 0 Å². The third-order valence-electron chi connectivity index (χ3n) is 2.96. The normalized spacial score (nSPS) is 9.91. The van der Waals surface area contributed by atoms with Crippen molar-refractivity contribution in [2.45, 2.75) is 0 Å². The number of hydrogen-bond acceptors (Lipinski definition) is 6. The van der Waals surface area contributed by atoms with Crippen LogP contribution >= 0.6 is 0 Å². The quantitative estimate of drug-likeness (QED) is 0.336. The summed E-state index contributed by atoms with van der Waals surface area (Å²) in [5.41, 5.74) is 2.86. The first-order valence-corrected chi connectivity index (χ1v) is 6.25. The molecule has 0 bridgehead atoms. The van der Waals surface area contributed by atoms with Crippen molar-refractivity contribution < 1.29 is 14.5 Å². The van der Waals surface area contributed by atoms with Crippen LogP contribution in [0, 0.1) is 10.1 Å². The molecule has 0 spiro atoms. The number of nitrogens with one attached hydrogen (secondary N) is 2. The van der Waals surface area contributed by atoms with Crippen LogP contribution in [0.2, 0.25) is 0 Å². The average molecular weight is 302 g/mol. The molecule has 0 aliphatic rings. The summed E-state index contributed by atoms with van der Waals surface area (Å²) in [5, 5.41) is 14.0. The summed E-state index contributed by atoms with van der Waals surface area (Å²) < 4.78 is 5.04. The number of ether oxygens (including phenoxy) is 1. The average Bonchev–Trinajstić information content (AvgIpc) is 2.54. The maximum absolute atomic E-state index is 11.5. The molecule has 2 aromatic rings. The third kappa shape index (κ3) is 3.30. The first-order valence-electron chi connectivity index (χ1n) is 6.25. The van der Waals surface area contributed by atoms with E-state index in [1.54, 1.807) is 31.4 Å². The number of nitro groups is 1. The highest BCUT2D eigenvalue weighted by Gasteiger charge is 2.16. The van der Waals surface area contributed by atoms with Crippen molar-refractivity contribution in [2.24, 2.45) is 5.84 Å². The molecule has 8 nitrogen and oxygen atoms in total. The maximum atomic E-state index is 11.5. The monoisotopic (exact) mass is 302 g/mol. The number of amides is 1. The van der Waals surface area contributed by atoms with Crippen LogP contribution in [0.15, 0.2) is 42.5 Å². The molecule has 0 saturated heterocycles. The number of nitrogen functional groups attached to an aromatic ring is 1. The molecule has 0 saturated carbocycles. The number of methoxy groups -OCH3 is 1. The van der Waals surface area contributed by atoms with Gasteiger partial charge in [-0.05, 0) is 36.4 Å². The third-order valence-corrected chi connectivity index (χ3v) is 2.96. The van der Waals surface area contributed by atoms with Gasteiger partial charge in [0, 0.05) is 17.3 Å². The van der Waals surface area contributed by atoms with Gasteiger partial charge in [-0.25, -0.2) is 5.84 Å². The van der Waals surface area contributed by atoms with Crippen molar-refractivity contribution in [3.05, 3.63) is 58.1 Å². The van der Waals surface area contributed by atoms with Crippen LogP contribution in [0.4, 0.5) is 17.1 Å². The lowest BCUT2D eigenvalue weighted by Gasteiger charge is -2.09. The van der Waals surface area contributed by atoms with Crippen molar-refractivity contribution in [3.63, 3.8) is 0 Å². The van der Waals surface area contributed by atoms with Crippen molar-refractivity contribution in [2.75, 3.05) is 12.4 Å². The highest BCUT2D eigenvalue weighted by molar-refractivity contribution is 5.95. The zero-order valence-electron chi connectivity index (χ0n) is 11.7. The highest BCUT2D eigenvalue weighted by atomic mass is 16.6. The number of nitrogens with two attached hydrogens (primary N) is 1. The molecule has 2 aromatic carbocycles. The number of hydrazine groups is 1. The number of carbonyl (C=O) groups is 1. The zero-order valence-corrected chi connectivity index (χ0v) is 11.7. The fourth-order valence-corrected chi connectivity index (χ4v) is 1.85. The number of rotatable bonds is 5. The lowest BCUT2D eigenvalue weighted by atomic mass is 10.1. The van der Waals surface area contributed by atoms with E-state index in [4.69, 9.17) is 10.6 Å². The summed E-state index contributed by atoms with van der Waals surface area (Å²) in [7, 11) is 1.54. The molecule has 114 valence electrons. The Hall–Kier alpha value is -3.13. The minimum absolute atomic E-state index is 0.149. The van der Waals surface area contributed by atoms with E-state index in [1.807, 2.05) is 5.43 Å². The molecule has 0 heterocycles. The molecular formula is C14H14N4O4. The fraction of sp³-hybridized carbons (Fsp3) is 0.0714. The van der Waals surface area contributed by atoms with Gasteiger partial charge in [-0.3, -0.25) is 20.3 Å². The van der Waals surface area contributed by atoms with E-state index in [2.05, 4.69) is 5.32 Å². The van der Waals surface area contributed by atoms with Crippen LogP contribution in [0.1, 0.15) is 10.4 Å². The Balaban J connectivity index is 2.37. The molecule has 0 fully saturated rings. The Morgan fingerprint density at radius 2 is 1.91 bits per heavy atom. The van der Waals surface area contributed by atoms with E-state index in [1.165, 1.54) is 18.2 Å². The summed E-state index contributed by atoms with van der Waals surface area (Å²) in [5.74, 6) is 5.20. The summed E-state index contributed by atoms with van der Waals surface area (Å²) in [6.45, 7) is 0. The van der Waals surface area contributed by atoms with Crippen molar-refractivity contribution in [1.82, 2.24) is 5.43 Å². The topological polar surface area (TPSA) is 120 Å². The Bertz CT molecular complexity index is 700. The highest BCUT2D eigenvalue weighted by Crippen LogP contribution is 2.29. The number of benzene rings is 2. The Labute approximate surface area is 126 Å². The Kier molecular flexibility index (Phi) is 4.54. The van der Waals surface area contributed by atoms with Crippen LogP contribution in [-0.4, -0.2) is 17.9 Å². The van der Waals surface area contributed by atoms with E-state index in [0.29, 0.717) is 11.4 Å². The van der Waals surface area contributed by atoms with Gasteiger partial charge < -0.3 is 10.1 Å². The summed E-state index contributed by atoms with van der Waals surface area (Å²) in [4.78, 5) is 22.1. The largest absolute Gasteiger partial charge is 0.497 e. The van der Waals surface area contributed by atoms with Gasteiger partial charge in [-0.1, -0.05) is 0 Å². The molecule has 0 atom stereocenters. The summed E-state index contributed by atoms with van der Waals surface area (Å²) in [6, 6.07) is 10.8. The summed E-state index contributed by atoms with van der Waals surface area (Å²) in [6.07, 6.45) is 0. The molecule has 8 heteroatoms. The Morgan fingerprint density at radius 1 is 1.23 bits per heavy atom. The first-order chi connectivity index (χ1) is 10.5. The minimum Gasteiger partial charge on any atom is -0.497 e. The number of nitrogens with zero attached hydrogens (tertiary/aromatic N) is 1. The SMILES string of the molecule is COc1ccc(Nc2cc(C(=O)NN)ccc2[N+](=O)[O-])cc1. The van der Waals surface area contributed by atoms with E-state index >= 15 is 0 Å². The van der Waals surface area contributed by atoms with Gasteiger partial charge in [0.2, 0.25) is 0 Å². The van der Waals surface area contributed by atoms with Crippen LogP contribution < -0.4 is 21.3 Å². The molecular weight excluding hydrogens is 288 g/mol. The van der Waals surface area contributed by atoms with Gasteiger partial charge in [0.05, 0.1) is 12.0 Å². The molecule has 2 rings (SSSR count). The second-order valence-electron chi connectivity index (χ2n) is 4.32. The molecule has 0 aromatic heterocycles. The van der Waals surface area contributed by atoms with Crippen LogP contribution in [0.3, 0.4) is 0 Å². The first kappa shape index (κ1) is 15.3. The van der Waals surface area contributed by atoms with Gasteiger partial charge in [0.15, 0.2) is 0 Å². The number of nitro benzene ring substituents is 1. The molecule has 1 amide bonds. The predicted octanol–water partition coefficient (Wildman–Crippen LogP) is 1.95. The van der Waals surface area contributed by atoms with Crippen molar-refractivity contribution in [3.8, 4) is 5.75 Å². The van der Waals surface area contributed by atoms with Gasteiger partial charge >= 0.3 is 0 Å². The fourth-order valence-electron chi connectivity index (χ4n) is 1.85. The molecule has 0 unspecified atom stereocenters. The van der Waals surface area contributed by atoms with Gasteiger partial charge in [-0.15, -0.1) is 0 Å². The van der Waals surface area contributed by atoms with E-state index in [-0.39, 0.29) is 16.9 Å². The lowest BCUT2D eigenvalue weighted by molar-refractivity contribution is -0.383. The predicted molar refractivity (Wildman–Crippen MR) is 81.0 cm³/mol. The number of hydrogen-bond donors (Lipinski definition) is 3. The van der Waals surface area contributed by atoms with E-state index in [0.717, 1.165) is 0 Å². The van der Waals surface area contributed by atoms with Crippen molar-refractivity contribution in [1.29, 1.82) is 0 Å². The maximum Gasteiger partial charge on any atom is 0.292 e. The number of carbonyl (C=O) groups excluding carboxylic acids is 1. The Morgan fingerprint density at radius 3 is 2.45 bits per heavy atom. The van der Waals surface area contributed by atoms with Crippen LogP contribution in [0.25, 0.3) is 0 Å². The van der Waals surface area contributed by atoms with E-state index < -0.39 is 10.8 Å². The van der Waals surface area contributed by atoms with Crippen LogP contribution in [0.5, 0.6) is 5.75 Å². The summed E-state index contributed by atoms with van der Waals surface area (Å²) >= 11 is 0. The molecule has 0 radical (unpaired) electrons. The second-order valence-corrected chi connectivity index (χ2v) is 4.32. The lowest BCUT2D eigenvalue weighted by Crippen LogP contribution is -2.30.